The van der Waals surface area contributed by atoms with Gasteiger partial charge in [0.15, 0.2) is 0 Å². The van der Waals surface area contributed by atoms with Crippen molar-refractivity contribution in [1.29, 1.82) is 0 Å². The summed E-state index contributed by atoms with van der Waals surface area (Å²) >= 11 is 0. The third kappa shape index (κ3) is 4.26. The van der Waals surface area contributed by atoms with Crippen molar-refractivity contribution in [2.45, 2.75) is 12.9 Å². The normalized spacial score (nSPS) is 11.1. The van der Waals surface area contributed by atoms with Crippen LogP contribution in [0.3, 0.4) is 0 Å². The lowest BCUT2D eigenvalue weighted by Crippen LogP contribution is -2.17. The molecular formula is C17H14ClF3N2O3. The van der Waals surface area contributed by atoms with Gasteiger partial charge in [0, 0.05) is 5.39 Å². The molecule has 3 aromatic rings. The van der Waals surface area contributed by atoms with E-state index in [0.29, 0.717) is 16.6 Å². The minimum absolute atomic E-state index is 0. The number of ether oxygens (including phenoxy) is 2. The van der Waals surface area contributed by atoms with Gasteiger partial charge in [0.2, 0.25) is 0 Å². The Balaban J connectivity index is 0.00000243. The lowest BCUT2D eigenvalue weighted by Gasteiger charge is -2.10. The molecular weight excluding hydrogens is 373 g/mol. The van der Waals surface area contributed by atoms with E-state index in [2.05, 4.69) is 9.84 Å². The predicted octanol–water partition coefficient (Wildman–Crippen LogP) is 4.19. The lowest BCUT2D eigenvalue weighted by atomic mass is 10.1. The summed E-state index contributed by atoms with van der Waals surface area (Å²) in [5.41, 5.74) is 1.68. The highest BCUT2D eigenvalue weighted by molar-refractivity contribution is 6.02. The number of hydrogen-bond acceptors (Lipinski definition) is 4. The van der Waals surface area contributed by atoms with Crippen LogP contribution in [0, 0.1) is 0 Å². The Morgan fingerprint density at radius 1 is 1.15 bits per heavy atom. The van der Waals surface area contributed by atoms with E-state index in [1.54, 1.807) is 23.0 Å². The summed E-state index contributed by atoms with van der Waals surface area (Å²) in [5, 5.41) is 5.01. The molecule has 0 saturated heterocycles. The first-order chi connectivity index (χ1) is 11.9. The zero-order valence-corrected chi connectivity index (χ0v) is 14.3. The van der Waals surface area contributed by atoms with Gasteiger partial charge >= 0.3 is 12.3 Å². The fourth-order valence-corrected chi connectivity index (χ4v) is 2.51. The molecule has 0 amide bonds. The standard InChI is InChI=1S/C17H13F3N2O3.ClH/c1-24-16(23)14-4-2-3-12-9-21-22(15(12)14)10-11-5-7-13(8-6-11)25-17(18,19)20;/h2-9H,10H2,1H3;1H. The van der Waals surface area contributed by atoms with Crippen molar-refractivity contribution in [3.8, 4) is 5.75 Å². The van der Waals surface area contributed by atoms with Gasteiger partial charge in [-0.3, -0.25) is 4.68 Å². The summed E-state index contributed by atoms with van der Waals surface area (Å²) in [7, 11) is 1.29. The van der Waals surface area contributed by atoms with Crippen LogP contribution in [0.15, 0.2) is 48.7 Å². The Morgan fingerprint density at radius 2 is 1.85 bits per heavy atom. The van der Waals surface area contributed by atoms with E-state index >= 15 is 0 Å². The maximum atomic E-state index is 12.2. The number of carbonyl (C=O) groups excluding carboxylic acids is 1. The predicted molar refractivity (Wildman–Crippen MR) is 90.5 cm³/mol. The van der Waals surface area contributed by atoms with Crippen molar-refractivity contribution >= 4 is 29.3 Å². The number of fused-ring (bicyclic) bond motifs is 1. The van der Waals surface area contributed by atoms with Crippen LogP contribution in [-0.4, -0.2) is 29.2 Å². The van der Waals surface area contributed by atoms with Crippen molar-refractivity contribution in [3.63, 3.8) is 0 Å². The average Bonchev–Trinajstić information content (AvgIpc) is 2.98. The third-order valence-corrected chi connectivity index (χ3v) is 3.56. The molecule has 0 spiro atoms. The number of benzene rings is 2. The molecule has 1 heterocycles. The number of esters is 1. The van der Waals surface area contributed by atoms with E-state index in [4.69, 9.17) is 4.74 Å². The summed E-state index contributed by atoms with van der Waals surface area (Å²) in [6.45, 7) is 0.282. The van der Waals surface area contributed by atoms with E-state index in [0.717, 1.165) is 5.39 Å². The van der Waals surface area contributed by atoms with Gasteiger partial charge in [0.05, 0.1) is 30.9 Å². The van der Waals surface area contributed by atoms with Crippen molar-refractivity contribution in [2.24, 2.45) is 0 Å². The van der Waals surface area contributed by atoms with Gasteiger partial charge in [-0.2, -0.15) is 5.10 Å². The number of para-hydroxylation sites is 1. The maximum absolute atomic E-state index is 12.2. The zero-order chi connectivity index (χ0) is 18.0. The van der Waals surface area contributed by atoms with E-state index in [9.17, 15) is 18.0 Å². The van der Waals surface area contributed by atoms with Crippen LogP contribution in [0.4, 0.5) is 13.2 Å². The first kappa shape index (κ1) is 19.6. The second kappa shape index (κ2) is 7.65. The van der Waals surface area contributed by atoms with Gasteiger partial charge in [-0.1, -0.05) is 24.3 Å². The number of alkyl halides is 3. The molecule has 0 bridgehead atoms. The number of aromatic nitrogens is 2. The third-order valence-electron chi connectivity index (χ3n) is 3.56. The number of rotatable bonds is 4. The van der Waals surface area contributed by atoms with Gasteiger partial charge in [-0.25, -0.2) is 4.79 Å². The van der Waals surface area contributed by atoms with E-state index in [1.165, 1.54) is 31.4 Å². The Bertz CT molecular complexity index is 908. The highest BCUT2D eigenvalue weighted by Crippen LogP contribution is 2.24. The molecule has 0 fully saturated rings. The van der Waals surface area contributed by atoms with Gasteiger partial charge in [-0.15, -0.1) is 25.6 Å². The Morgan fingerprint density at radius 3 is 2.46 bits per heavy atom. The number of carbonyl (C=O) groups is 1. The summed E-state index contributed by atoms with van der Waals surface area (Å²) in [6, 6.07) is 10.7. The van der Waals surface area contributed by atoms with Crippen LogP contribution < -0.4 is 4.74 Å². The van der Waals surface area contributed by atoms with Crippen LogP contribution in [0.25, 0.3) is 10.9 Å². The molecule has 2 aromatic carbocycles. The van der Waals surface area contributed by atoms with E-state index in [1.807, 2.05) is 6.07 Å². The molecule has 138 valence electrons. The first-order valence-corrected chi connectivity index (χ1v) is 7.25. The summed E-state index contributed by atoms with van der Waals surface area (Å²) in [4.78, 5) is 11.9. The van der Waals surface area contributed by atoms with Crippen molar-refractivity contribution in [3.05, 3.63) is 59.8 Å². The molecule has 0 aliphatic heterocycles. The molecule has 0 aliphatic rings. The smallest absolute Gasteiger partial charge is 0.465 e. The van der Waals surface area contributed by atoms with Crippen molar-refractivity contribution < 1.29 is 27.4 Å². The zero-order valence-electron chi connectivity index (χ0n) is 13.5. The molecule has 3 rings (SSSR count). The van der Waals surface area contributed by atoms with Crippen LogP contribution in [0.1, 0.15) is 15.9 Å². The number of halogens is 4. The van der Waals surface area contributed by atoms with E-state index < -0.39 is 12.3 Å². The van der Waals surface area contributed by atoms with Crippen molar-refractivity contribution in [1.82, 2.24) is 9.78 Å². The molecule has 0 radical (unpaired) electrons. The molecule has 5 nitrogen and oxygen atoms in total. The molecule has 0 aliphatic carbocycles. The van der Waals surface area contributed by atoms with Crippen LogP contribution in [0.5, 0.6) is 5.75 Å². The van der Waals surface area contributed by atoms with Crippen LogP contribution in [-0.2, 0) is 11.3 Å². The molecule has 0 saturated carbocycles. The van der Waals surface area contributed by atoms with Crippen molar-refractivity contribution in [2.75, 3.05) is 7.11 Å². The van der Waals surface area contributed by atoms with E-state index in [-0.39, 0.29) is 24.7 Å². The molecule has 0 unspecified atom stereocenters. The minimum atomic E-state index is -4.73. The quantitative estimate of drug-likeness (QED) is 0.631. The van der Waals surface area contributed by atoms with Gasteiger partial charge < -0.3 is 9.47 Å². The monoisotopic (exact) mass is 386 g/mol. The summed E-state index contributed by atoms with van der Waals surface area (Å²) in [6.07, 6.45) is -3.11. The number of nitrogens with zero attached hydrogens (tertiary/aromatic N) is 2. The Labute approximate surface area is 152 Å². The second-order valence-electron chi connectivity index (χ2n) is 5.23. The van der Waals surface area contributed by atoms with Gasteiger partial charge in [-0.05, 0) is 23.8 Å². The topological polar surface area (TPSA) is 53.3 Å². The lowest BCUT2D eigenvalue weighted by molar-refractivity contribution is -0.274. The largest absolute Gasteiger partial charge is 0.573 e. The molecule has 26 heavy (non-hydrogen) atoms. The second-order valence-corrected chi connectivity index (χ2v) is 5.23. The first-order valence-electron chi connectivity index (χ1n) is 7.25. The summed E-state index contributed by atoms with van der Waals surface area (Å²) < 4.78 is 46.8. The fourth-order valence-electron chi connectivity index (χ4n) is 2.51. The number of hydrogen-bond donors (Lipinski definition) is 0. The van der Waals surface area contributed by atoms with Crippen LogP contribution >= 0.6 is 12.4 Å². The molecule has 1 aromatic heterocycles. The summed E-state index contributed by atoms with van der Waals surface area (Å²) in [5.74, 6) is -0.780. The average molecular weight is 387 g/mol. The number of methoxy groups -OCH3 is 1. The Hall–Kier alpha value is -2.74. The molecule has 0 N–H and O–H groups in total. The van der Waals surface area contributed by atoms with Gasteiger partial charge in [0.1, 0.15) is 5.75 Å². The maximum Gasteiger partial charge on any atom is 0.573 e. The minimum Gasteiger partial charge on any atom is -0.465 e. The SMILES string of the molecule is COC(=O)c1cccc2cnn(Cc3ccc(OC(F)(F)F)cc3)c12.Cl. The molecule has 0 atom stereocenters. The Kier molecular flexibility index (Phi) is 5.76. The highest BCUT2D eigenvalue weighted by Gasteiger charge is 2.30. The highest BCUT2D eigenvalue weighted by atomic mass is 35.5. The molecule has 9 heteroatoms. The fraction of sp³-hybridized carbons (Fsp3) is 0.176. The van der Waals surface area contributed by atoms with Crippen LogP contribution in [0.2, 0.25) is 0 Å². The van der Waals surface area contributed by atoms with Gasteiger partial charge in [0.25, 0.3) is 0 Å².